The van der Waals surface area contributed by atoms with Gasteiger partial charge in [-0.05, 0) is 52.9 Å². The fourth-order valence-corrected chi connectivity index (χ4v) is 7.28. The Labute approximate surface area is 213 Å². The van der Waals surface area contributed by atoms with Gasteiger partial charge in [-0.1, -0.05) is 96.7 Å². The molecule has 2 aliphatic rings. The number of benzene rings is 5. The van der Waals surface area contributed by atoms with Crippen LogP contribution in [0.25, 0.3) is 49.0 Å². The van der Waals surface area contributed by atoms with Crippen LogP contribution >= 0.6 is 11.8 Å². The van der Waals surface area contributed by atoms with Crippen LogP contribution in [0.15, 0.2) is 120 Å². The van der Waals surface area contributed by atoms with E-state index in [-0.39, 0.29) is 0 Å². The molecule has 0 saturated heterocycles. The highest BCUT2D eigenvalue weighted by Crippen LogP contribution is 2.48. The zero-order chi connectivity index (χ0) is 23.6. The highest BCUT2D eigenvalue weighted by atomic mass is 32.2. The van der Waals surface area contributed by atoms with Crippen molar-refractivity contribution in [1.29, 1.82) is 0 Å². The van der Waals surface area contributed by atoms with Gasteiger partial charge < -0.3 is 9.88 Å². The monoisotopic (exact) mass is 480 g/mol. The van der Waals surface area contributed by atoms with E-state index in [1.165, 1.54) is 59.6 Å². The fraction of sp³-hybridized carbons (Fsp3) is 0.0909. The van der Waals surface area contributed by atoms with Crippen molar-refractivity contribution in [1.82, 2.24) is 4.57 Å². The number of anilines is 1. The zero-order valence-electron chi connectivity index (χ0n) is 19.7. The zero-order valence-corrected chi connectivity index (χ0v) is 20.5. The number of hydrogen-bond acceptors (Lipinski definition) is 2. The summed E-state index contributed by atoms with van der Waals surface area (Å²) in [5, 5.41) is 12.1. The molecule has 1 aliphatic heterocycles. The summed E-state index contributed by atoms with van der Waals surface area (Å²) >= 11 is 1.97. The largest absolute Gasteiger partial charge is 0.371 e. The van der Waals surface area contributed by atoms with Gasteiger partial charge in [-0.3, -0.25) is 0 Å². The summed E-state index contributed by atoms with van der Waals surface area (Å²) in [6, 6.07) is 33.5. The minimum absolute atomic E-state index is 0.374. The highest BCUT2D eigenvalue weighted by Gasteiger charge is 2.29. The quantitative estimate of drug-likeness (QED) is 0.249. The molecule has 8 rings (SSSR count). The lowest BCUT2D eigenvalue weighted by Gasteiger charge is -2.20. The van der Waals surface area contributed by atoms with Gasteiger partial charge in [0.1, 0.15) is 0 Å². The van der Waals surface area contributed by atoms with Gasteiger partial charge in [0.2, 0.25) is 0 Å². The summed E-state index contributed by atoms with van der Waals surface area (Å²) in [6.45, 7) is 0. The first-order chi connectivity index (χ1) is 17.8. The second kappa shape index (κ2) is 7.78. The van der Waals surface area contributed by atoms with Gasteiger partial charge in [-0.15, -0.1) is 0 Å². The second-order valence-electron chi connectivity index (χ2n) is 9.77. The number of nitrogens with zero attached hydrogens (tertiary/aromatic N) is 1. The maximum atomic E-state index is 3.90. The van der Waals surface area contributed by atoms with Gasteiger partial charge in [0.05, 0.1) is 22.1 Å². The van der Waals surface area contributed by atoms with Crippen molar-refractivity contribution in [3.63, 3.8) is 0 Å². The van der Waals surface area contributed by atoms with E-state index in [0.29, 0.717) is 11.3 Å². The van der Waals surface area contributed by atoms with E-state index < -0.39 is 0 Å². The summed E-state index contributed by atoms with van der Waals surface area (Å²) in [6.07, 6.45) is 10.1. The molecule has 3 heteroatoms. The molecule has 2 unspecified atom stereocenters. The summed E-state index contributed by atoms with van der Waals surface area (Å²) in [5.41, 5.74) is 4.98. The molecule has 172 valence electrons. The van der Waals surface area contributed by atoms with Crippen LogP contribution in [0, 0.1) is 5.92 Å². The molecule has 0 spiro atoms. The Morgan fingerprint density at radius 3 is 2.25 bits per heavy atom. The SMILES string of the molecule is C1=CCC(C2Nc3c(ccc4ccc5cc(-n6c7ccccc7c7ccccc76)ccc5c34)S2)C=C1. The number of para-hydroxylation sites is 2. The minimum Gasteiger partial charge on any atom is -0.371 e. The third-order valence-corrected chi connectivity index (χ3v) is 9.04. The first-order valence-electron chi connectivity index (χ1n) is 12.6. The topological polar surface area (TPSA) is 17.0 Å². The molecule has 0 bridgehead atoms. The third-order valence-electron chi connectivity index (χ3n) is 7.73. The van der Waals surface area contributed by atoms with Crippen molar-refractivity contribution in [2.75, 3.05) is 5.32 Å². The predicted molar refractivity (Wildman–Crippen MR) is 155 cm³/mol. The minimum atomic E-state index is 0.374. The molecule has 1 aromatic heterocycles. The van der Waals surface area contributed by atoms with Crippen LogP contribution in [0.2, 0.25) is 0 Å². The lowest BCUT2D eigenvalue weighted by atomic mass is 9.98. The first-order valence-corrected chi connectivity index (χ1v) is 13.5. The van der Waals surface area contributed by atoms with Gasteiger partial charge in [0.15, 0.2) is 0 Å². The van der Waals surface area contributed by atoms with Gasteiger partial charge >= 0.3 is 0 Å². The summed E-state index contributed by atoms with van der Waals surface area (Å²) in [5.74, 6) is 0.513. The molecule has 6 aromatic rings. The number of hydrogen-bond donors (Lipinski definition) is 1. The molecule has 0 amide bonds. The highest BCUT2D eigenvalue weighted by molar-refractivity contribution is 8.00. The van der Waals surface area contributed by atoms with Crippen LogP contribution in [0.3, 0.4) is 0 Å². The molecule has 2 atom stereocenters. The summed E-state index contributed by atoms with van der Waals surface area (Å²) < 4.78 is 2.40. The van der Waals surface area contributed by atoms with Crippen LogP contribution in [-0.4, -0.2) is 9.94 Å². The maximum Gasteiger partial charge on any atom is 0.0836 e. The molecule has 0 radical (unpaired) electrons. The van der Waals surface area contributed by atoms with E-state index in [0.717, 1.165) is 6.42 Å². The average Bonchev–Trinajstić information content (AvgIpc) is 3.53. The Morgan fingerprint density at radius 2 is 1.47 bits per heavy atom. The Hall–Kier alpha value is -3.95. The van der Waals surface area contributed by atoms with Crippen molar-refractivity contribution in [3.05, 3.63) is 115 Å². The number of rotatable bonds is 2. The van der Waals surface area contributed by atoms with Crippen LogP contribution in [-0.2, 0) is 0 Å². The van der Waals surface area contributed by atoms with E-state index in [1.54, 1.807) is 0 Å². The molecular formula is C33H24N2S. The fourth-order valence-electron chi connectivity index (χ4n) is 6.03. The Kier molecular flexibility index (Phi) is 4.38. The Balaban J connectivity index is 1.31. The van der Waals surface area contributed by atoms with E-state index in [1.807, 2.05) is 11.8 Å². The molecule has 0 saturated carbocycles. The summed E-state index contributed by atoms with van der Waals surface area (Å²) in [4.78, 5) is 1.36. The Bertz CT molecular complexity index is 1840. The van der Waals surface area contributed by atoms with Crippen molar-refractivity contribution in [2.45, 2.75) is 16.7 Å². The van der Waals surface area contributed by atoms with Crippen molar-refractivity contribution >= 4 is 60.8 Å². The lowest BCUT2D eigenvalue weighted by Crippen LogP contribution is -2.21. The van der Waals surface area contributed by atoms with Gasteiger partial charge in [0, 0.05) is 32.7 Å². The van der Waals surface area contributed by atoms with Gasteiger partial charge in [0.25, 0.3) is 0 Å². The van der Waals surface area contributed by atoms with Crippen LogP contribution < -0.4 is 5.32 Å². The molecule has 1 aliphatic carbocycles. The molecule has 2 nitrogen and oxygen atoms in total. The lowest BCUT2D eigenvalue weighted by molar-refractivity contribution is 0.662. The summed E-state index contributed by atoms with van der Waals surface area (Å²) in [7, 11) is 0. The normalized spacial score (nSPS) is 18.9. The van der Waals surface area contributed by atoms with E-state index in [2.05, 4.69) is 125 Å². The number of allylic oxidation sites excluding steroid dienone is 3. The predicted octanol–water partition coefficient (Wildman–Crippen LogP) is 9.07. The maximum absolute atomic E-state index is 3.90. The first kappa shape index (κ1) is 20.3. The van der Waals surface area contributed by atoms with Crippen molar-refractivity contribution in [3.8, 4) is 5.69 Å². The van der Waals surface area contributed by atoms with Crippen LogP contribution in [0.5, 0.6) is 0 Å². The van der Waals surface area contributed by atoms with E-state index in [9.17, 15) is 0 Å². The molecule has 2 heterocycles. The number of fused-ring (bicyclic) bond motifs is 8. The Morgan fingerprint density at radius 1 is 0.722 bits per heavy atom. The standard InChI is InChI=1S/C33H24N2S/c1-2-8-22(9-3-1)33-34-32-30(36-33)19-16-21-14-15-23-20-24(17-18-25(23)31(21)32)35-28-12-6-4-10-26(28)27-11-5-7-13-29(27)35/h1-8,10-20,22,33-34H,9H2. The van der Waals surface area contributed by atoms with Gasteiger partial charge in [-0.2, -0.15) is 0 Å². The number of aromatic nitrogens is 1. The van der Waals surface area contributed by atoms with Crippen molar-refractivity contribution < 1.29 is 0 Å². The van der Waals surface area contributed by atoms with E-state index in [4.69, 9.17) is 0 Å². The van der Waals surface area contributed by atoms with Crippen molar-refractivity contribution in [2.24, 2.45) is 5.92 Å². The smallest absolute Gasteiger partial charge is 0.0836 e. The molecule has 5 aromatic carbocycles. The molecule has 36 heavy (non-hydrogen) atoms. The number of thioether (sulfide) groups is 1. The number of nitrogens with one attached hydrogen (secondary N) is 1. The average molecular weight is 481 g/mol. The molecule has 0 fully saturated rings. The van der Waals surface area contributed by atoms with Gasteiger partial charge in [-0.25, -0.2) is 0 Å². The third kappa shape index (κ3) is 2.93. The van der Waals surface area contributed by atoms with Crippen LogP contribution in [0.4, 0.5) is 5.69 Å². The second-order valence-corrected chi connectivity index (χ2v) is 11.0. The van der Waals surface area contributed by atoms with E-state index >= 15 is 0 Å². The molecule has 1 N–H and O–H groups in total. The molecular weight excluding hydrogens is 456 g/mol. The van der Waals surface area contributed by atoms with Crippen LogP contribution in [0.1, 0.15) is 6.42 Å².